The van der Waals surface area contributed by atoms with E-state index in [1.807, 2.05) is 12.1 Å². The second kappa shape index (κ2) is 9.89. The summed E-state index contributed by atoms with van der Waals surface area (Å²) in [6.45, 7) is 12.3. The van der Waals surface area contributed by atoms with Gasteiger partial charge >= 0.3 is 0 Å². The van der Waals surface area contributed by atoms with E-state index in [9.17, 15) is 8.76 Å². The summed E-state index contributed by atoms with van der Waals surface area (Å²) in [6, 6.07) is 19.7. The van der Waals surface area contributed by atoms with Crippen LogP contribution >= 0.6 is 0 Å². The lowest BCUT2D eigenvalue weighted by molar-refractivity contribution is 0.537. The zero-order valence-electron chi connectivity index (χ0n) is 19.6. The summed E-state index contributed by atoms with van der Waals surface area (Å²) < 4.78 is 31.5. The Labute approximate surface area is 197 Å². The molecule has 0 fully saturated rings. The molecule has 4 rings (SSSR count). The molecule has 6 heteroatoms. The molecule has 1 aliphatic carbocycles. The molecule has 0 radical (unpaired) electrons. The van der Waals surface area contributed by atoms with Gasteiger partial charge in [-0.15, -0.1) is 0 Å². The normalized spacial score (nSPS) is 12.3. The van der Waals surface area contributed by atoms with Crippen molar-refractivity contribution in [2.75, 3.05) is 31.1 Å². The molecule has 2 aliphatic rings. The first kappa shape index (κ1) is 23.2. The second-order valence-corrected chi connectivity index (χ2v) is 8.88. The van der Waals surface area contributed by atoms with Gasteiger partial charge in [-0.3, -0.25) is 4.21 Å². The van der Waals surface area contributed by atoms with Crippen LogP contribution in [0.4, 0.5) is 5.69 Å². The highest BCUT2D eigenvalue weighted by atomic mass is 32.2. The van der Waals surface area contributed by atoms with Gasteiger partial charge in [0, 0.05) is 52.3 Å². The molecule has 0 saturated carbocycles. The highest BCUT2D eigenvalue weighted by molar-refractivity contribution is 7.79. The van der Waals surface area contributed by atoms with Gasteiger partial charge in [-0.05, 0) is 74.7 Å². The van der Waals surface area contributed by atoms with Gasteiger partial charge in [-0.2, -0.15) is 0 Å². The second-order valence-electron chi connectivity index (χ2n) is 7.94. The fourth-order valence-corrected chi connectivity index (χ4v) is 4.84. The van der Waals surface area contributed by atoms with E-state index < -0.39 is 11.1 Å². The number of hydrogen-bond acceptors (Lipinski definition) is 4. The maximum Gasteiger partial charge on any atom is 0.203 e. The lowest BCUT2D eigenvalue weighted by atomic mass is 9.93. The van der Waals surface area contributed by atoms with Crippen molar-refractivity contribution in [3.05, 3.63) is 66.0 Å². The number of anilines is 1. The SMILES string of the molecule is CCN(CC)c1ccc2c(-c3ccc(S(=O)[O-])cc3)c3ccc(=[N+](CC)CC)cc-3oc2c1. The molecule has 33 heavy (non-hydrogen) atoms. The number of benzene rings is 3. The third-order valence-corrected chi connectivity index (χ3v) is 6.94. The van der Waals surface area contributed by atoms with Crippen LogP contribution in [0.5, 0.6) is 0 Å². The monoisotopic (exact) mass is 462 g/mol. The Morgan fingerprint density at radius 3 is 2.21 bits per heavy atom. The lowest BCUT2D eigenvalue weighted by Crippen LogP contribution is -2.29. The highest BCUT2D eigenvalue weighted by Crippen LogP contribution is 2.40. The Morgan fingerprint density at radius 1 is 0.909 bits per heavy atom. The summed E-state index contributed by atoms with van der Waals surface area (Å²) in [6.07, 6.45) is 0. The van der Waals surface area contributed by atoms with Crippen LogP contribution in [0.2, 0.25) is 0 Å². The van der Waals surface area contributed by atoms with Crippen molar-refractivity contribution in [2.45, 2.75) is 32.6 Å². The van der Waals surface area contributed by atoms with E-state index in [-0.39, 0.29) is 4.90 Å². The van der Waals surface area contributed by atoms with Crippen molar-refractivity contribution >= 4 is 27.7 Å². The van der Waals surface area contributed by atoms with Crippen LogP contribution in [-0.4, -0.2) is 34.9 Å². The molecular formula is C27H30N2O3S. The molecule has 0 N–H and O–H groups in total. The first-order chi connectivity index (χ1) is 16.0. The molecule has 0 amide bonds. The van der Waals surface area contributed by atoms with Crippen molar-refractivity contribution in [1.29, 1.82) is 0 Å². The molecule has 0 spiro atoms. The predicted octanol–water partition coefficient (Wildman–Crippen LogP) is 5.10. The number of hydrogen-bond donors (Lipinski definition) is 0. The maximum atomic E-state index is 11.4. The molecule has 172 valence electrons. The molecule has 2 aromatic rings. The third kappa shape index (κ3) is 4.45. The summed E-state index contributed by atoms with van der Waals surface area (Å²) in [5, 5.41) is 2.13. The van der Waals surface area contributed by atoms with Gasteiger partial charge in [0.15, 0.2) is 0 Å². The Hall–Kier alpha value is -2.96. The van der Waals surface area contributed by atoms with Crippen LogP contribution in [0, 0.1) is 0 Å². The van der Waals surface area contributed by atoms with Crippen LogP contribution in [0.25, 0.3) is 33.4 Å². The average Bonchev–Trinajstić information content (AvgIpc) is 2.84. The first-order valence-corrected chi connectivity index (χ1v) is 12.6. The molecule has 0 aromatic heterocycles. The number of nitrogens with zero attached hydrogens (tertiary/aromatic N) is 2. The molecule has 1 atom stereocenters. The predicted molar refractivity (Wildman–Crippen MR) is 135 cm³/mol. The van der Waals surface area contributed by atoms with Crippen LogP contribution in [0.1, 0.15) is 27.7 Å². The van der Waals surface area contributed by atoms with E-state index in [0.29, 0.717) is 0 Å². The van der Waals surface area contributed by atoms with Crippen molar-refractivity contribution < 1.29 is 13.2 Å². The maximum absolute atomic E-state index is 11.4. The van der Waals surface area contributed by atoms with Gasteiger partial charge in [0.1, 0.15) is 24.4 Å². The van der Waals surface area contributed by atoms with Crippen molar-refractivity contribution in [3.63, 3.8) is 0 Å². The van der Waals surface area contributed by atoms with E-state index in [1.54, 1.807) is 12.1 Å². The van der Waals surface area contributed by atoms with Crippen LogP contribution in [0.3, 0.4) is 0 Å². The van der Waals surface area contributed by atoms with Crippen molar-refractivity contribution in [1.82, 2.24) is 4.58 Å². The smallest absolute Gasteiger partial charge is 0.203 e. The van der Waals surface area contributed by atoms with E-state index in [4.69, 9.17) is 4.42 Å². The fourth-order valence-electron chi connectivity index (χ4n) is 4.48. The molecule has 0 bridgehead atoms. The Balaban J connectivity index is 2.05. The van der Waals surface area contributed by atoms with Crippen LogP contribution in [0.15, 0.2) is 70.0 Å². The van der Waals surface area contributed by atoms with Gasteiger partial charge in [0.2, 0.25) is 5.36 Å². The van der Waals surface area contributed by atoms with Crippen molar-refractivity contribution in [3.8, 4) is 22.5 Å². The van der Waals surface area contributed by atoms with Gasteiger partial charge in [0.25, 0.3) is 0 Å². The topological polar surface area (TPSA) is 59.5 Å². The summed E-state index contributed by atoms with van der Waals surface area (Å²) in [5.74, 6) is 0.815. The molecule has 1 heterocycles. The molecular weight excluding hydrogens is 432 g/mol. The first-order valence-electron chi connectivity index (χ1n) is 11.5. The van der Waals surface area contributed by atoms with E-state index in [1.165, 1.54) is 0 Å². The third-order valence-electron chi connectivity index (χ3n) is 6.28. The number of rotatable bonds is 7. The molecule has 1 aliphatic heterocycles. The summed E-state index contributed by atoms with van der Waals surface area (Å²) in [4.78, 5) is 2.57. The Bertz CT molecular complexity index is 1330. The van der Waals surface area contributed by atoms with Gasteiger partial charge in [0.05, 0.1) is 6.07 Å². The van der Waals surface area contributed by atoms with Crippen LogP contribution in [-0.2, 0) is 11.1 Å². The number of fused-ring (bicyclic) bond motifs is 2. The fraction of sp³-hybridized carbons (Fsp3) is 0.296. The largest absolute Gasteiger partial charge is 0.768 e. The molecule has 2 aromatic carbocycles. The summed E-state index contributed by atoms with van der Waals surface area (Å²) in [7, 11) is 0. The van der Waals surface area contributed by atoms with Gasteiger partial charge in [-0.25, -0.2) is 4.58 Å². The minimum Gasteiger partial charge on any atom is -0.768 e. The minimum atomic E-state index is -2.25. The zero-order chi connectivity index (χ0) is 23.5. The zero-order valence-corrected chi connectivity index (χ0v) is 20.4. The van der Waals surface area contributed by atoms with Gasteiger partial charge < -0.3 is 13.9 Å². The van der Waals surface area contributed by atoms with Crippen molar-refractivity contribution in [2.24, 2.45) is 0 Å². The van der Waals surface area contributed by atoms with E-state index in [2.05, 4.69) is 73.6 Å². The highest BCUT2D eigenvalue weighted by Gasteiger charge is 2.19. The Kier molecular flexibility index (Phi) is 6.96. The lowest BCUT2D eigenvalue weighted by Gasteiger charge is -2.22. The molecule has 0 saturated heterocycles. The summed E-state index contributed by atoms with van der Waals surface area (Å²) in [5.41, 5.74) is 4.95. The van der Waals surface area contributed by atoms with Crippen LogP contribution < -0.4 is 14.8 Å². The van der Waals surface area contributed by atoms with E-state index in [0.717, 1.165) is 70.6 Å². The average molecular weight is 463 g/mol. The van der Waals surface area contributed by atoms with E-state index >= 15 is 0 Å². The van der Waals surface area contributed by atoms with Gasteiger partial charge in [-0.1, -0.05) is 12.1 Å². The molecule has 5 nitrogen and oxygen atoms in total. The quantitative estimate of drug-likeness (QED) is 0.218. The summed E-state index contributed by atoms with van der Waals surface area (Å²) >= 11 is -2.25. The Morgan fingerprint density at radius 2 is 1.61 bits per heavy atom. The standard InChI is InChI=1S/C27H30N2O3S/c1-5-28(6-2)20-11-15-23-25(17-20)32-26-18-21(29(7-3)8-4)12-16-24(26)27(23)19-9-13-22(14-10-19)33(30)31/h9-18H,5-8H2,1-4H3. The molecule has 1 unspecified atom stereocenters. The minimum absolute atomic E-state index is 0.278.